The molecule has 96 valence electrons. The van der Waals surface area contributed by atoms with Crippen molar-refractivity contribution in [2.24, 2.45) is 0 Å². The maximum absolute atomic E-state index is 5.80. The lowest BCUT2D eigenvalue weighted by molar-refractivity contribution is 0.309. The number of nitrogens with one attached hydrogen (secondary N) is 1. The molecule has 2 aromatic rings. The van der Waals surface area contributed by atoms with Crippen molar-refractivity contribution in [2.75, 3.05) is 13.2 Å². The molecule has 0 atom stereocenters. The second-order valence-electron chi connectivity index (χ2n) is 4.64. The number of hydrogen-bond donors (Lipinski definition) is 1. The molecule has 0 bridgehead atoms. The van der Waals surface area contributed by atoms with Gasteiger partial charge in [-0.1, -0.05) is 32.0 Å². The van der Waals surface area contributed by atoms with Crippen LogP contribution in [0.15, 0.2) is 36.5 Å². The van der Waals surface area contributed by atoms with E-state index >= 15 is 0 Å². The first kappa shape index (κ1) is 12.8. The van der Waals surface area contributed by atoms with Crippen molar-refractivity contribution in [3.63, 3.8) is 0 Å². The highest BCUT2D eigenvalue weighted by Crippen LogP contribution is 2.22. The average Bonchev–Trinajstić information content (AvgIpc) is 2.38. The van der Waals surface area contributed by atoms with Crippen molar-refractivity contribution in [1.29, 1.82) is 0 Å². The van der Waals surface area contributed by atoms with Crippen LogP contribution in [0, 0.1) is 0 Å². The summed E-state index contributed by atoms with van der Waals surface area (Å²) in [5, 5.41) is 4.49. The standard InChI is InChI=1S/C15H20N2O/c1-12(2)16-10-5-11-18-14-8-3-6-13-7-4-9-17-15(13)14/h3-4,6-9,12,16H,5,10-11H2,1-2H3. The first-order valence-electron chi connectivity index (χ1n) is 6.47. The summed E-state index contributed by atoms with van der Waals surface area (Å²) >= 11 is 0. The van der Waals surface area contributed by atoms with Crippen LogP contribution in [0.4, 0.5) is 0 Å². The van der Waals surface area contributed by atoms with E-state index in [-0.39, 0.29) is 0 Å². The lowest BCUT2D eigenvalue weighted by Crippen LogP contribution is -2.24. The van der Waals surface area contributed by atoms with Gasteiger partial charge in [0.15, 0.2) is 0 Å². The zero-order chi connectivity index (χ0) is 12.8. The molecule has 0 radical (unpaired) electrons. The third kappa shape index (κ3) is 3.44. The van der Waals surface area contributed by atoms with E-state index in [2.05, 4.69) is 36.3 Å². The summed E-state index contributed by atoms with van der Waals surface area (Å²) < 4.78 is 5.80. The van der Waals surface area contributed by atoms with Crippen LogP contribution in [0.5, 0.6) is 5.75 Å². The summed E-state index contributed by atoms with van der Waals surface area (Å²) in [6, 6.07) is 10.6. The molecule has 2 rings (SSSR count). The number of nitrogens with zero attached hydrogens (tertiary/aromatic N) is 1. The van der Waals surface area contributed by atoms with E-state index < -0.39 is 0 Å². The number of benzene rings is 1. The SMILES string of the molecule is CC(C)NCCCOc1cccc2cccnc12. The van der Waals surface area contributed by atoms with Gasteiger partial charge in [-0.05, 0) is 25.1 Å². The highest BCUT2D eigenvalue weighted by molar-refractivity contribution is 5.84. The van der Waals surface area contributed by atoms with E-state index in [0.29, 0.717) is 6.04 Å². The minimum Gasteiger partial charge on any atom is -0.491 e. The lowest BCUT2D eigenvalue weighted by Gasteiger charge is -2.10. The summed E-state index contributed by atoms with van der Waals surface area (Å²) in [6.45, 7) is 6.00. The zero-order valence-corrected chi connectivity index (χ0v) is 11.0. The molecule has 0 aliphatic heterocycles. The second-order valence-corrected chi connectivity index (χ2v) is 4.64. The molecule has 0 spiro atoms. The van der Waals surface area contributed by atoms with Gasteiger partial charge in [0.05, 0.1) is 6.61 Å². The molecule has 0 unspecified atom stereocenters. The smallest absolute Gasteiger partial charge is 0.145 e. The van der Waals surface area contributed by atoms with Crippen molar-refractivity contribution < 1.29 is 4.74 Å². The molecular weight excluding hydrogens is 224 g/mol. The number of aromatic nitrogens is 1. The Hall–Kier alpha value is -1.61. The molecule has 0 aliphatic carbocycles. The van der Waals surface area contributed by atoms with Crippen LogP contribution in [-0.2, 0) is 0 Å². The molecule has 1 N–H and O–H groups in total. The molecule has 1 aromatic heterocycles. The molecule has 0 saturated carbocycles. The van der Waals surface area contributed by atoms with Crippen LogP contribution in [0.1, 0.15) is 20.3 Å². The van der Waals surface area contributed by atoms with Crippen LogP contribution in [0.25, 0.3) is 10.9 Å². The van der Waals surface area contributed by atoms with Crippen LogP contribution in [-0.4, -0.2) is 24.2 Å². The van der Waals surface area contributed by atoms with E-state index in [4.69, 9.17) is 4.74 Å². The van der Waals surface area contributed by atoms with Crippen LogP contribution >= 0.6 is 0 Å². The molecule has 0 fully saturated rings. The van der Waals surface area contributed by atoms with Gasteiger partial charge in [0.2, 0.25) is 0 Å². The molecule has 0 amide bonds. The van der Waals surface area contributed by atoms with Crippen molar-refractivity contribution in [2.45, 2.75) is 26.3 Å². The van der Waals surface area contributed by atoms with Gasteiger partial charge in [-0.15, -0.1) is 0 Å². The number of para-hydroxylation sites is 1. The number of hydrogen-bond acceptors (Lipinski definition) is 3. The fraction of sp³-hybridized carbons (Fsp3) is 0.400. The fourth-order valence-electron chi connectivity index (χ4n) is 1.84. The Morgan fingerprint density at radius 3 is 2.89 bits per heavy atom. The van der Waals surface area contributed by atoms with Crippen molar-refractivity contribution in [1.82, 2.24) is 10.3 Å². The Morgan fingerprint density at radius 1 is 1.22 bits per heavy atom. The Bertz CT molecular complexity index is 491. The van der Waals surface area contributed by atoms with E-state index in [0.717, 1.165) is 36.2 Å². The number of pyridine rings is 1. The fourth-order valence-corrected chi connectivity index (χ4v) is 1.84. The third-order valence-electron chi connectivity index (χ3n) is 2.73. The highest BCUT2D eigenvalue weighted by Gasteiger charge is 2.02. The monoisotopic (exact) mass is 244 g/mol. The number of fused-ring (bicyclic) bond motifs is 1. The molecule has 3 nitrogen and oxygen atoms in total. The summed E-state index contributed by atoms with van der Waals surface area (Å²) in [7, 11) is 0. The van der Waals surface area contributed by atoms with Crippen LogP contribution < -0.4 is 10.1 Å². The predicted molar refractivity (Wildman–Crippen MR) is 75.0 cm³/mol. The van der Waals surface area contributed by atoms with Crippen molar-refractivity contribution in [3.05, 3.63) is 36.5 Å². The highest BCUT2D eigenvalue weighted by atomic mass is 16.5. The van der Waals surface area contributed by atoms with E-state index in [1.807, 2.05) is 18.2 Å². The van der Waals surface area contributed by atoms with Gasteiger partial charge in [0.1, 0.15) is 11.3 Å². The maximum Gasteiger partial charge on any atom is 0.145 e. The summed E-state index contributed by atoms with van der Waals surface area (Å²) in [5.74, 6) is 0.873. The first-order chi connectivity index (χ1) is 8.77. The van der Waals surface area contributed by atoms with Crippen LogP contribution in [0.2, 0.25) is 0 Å². The molecule has 1 aromatic carbocycles. The molecule has 1 heterocycles. The van der Waals surface area contributed by atoms with Gasteiger partial charge < -0.3 is 10.1 Å². The van der Waals surface area contributed by atoms with E-state index in [9.17, 15) is 0 Å². The summed E-state index contributed by atoms with van der Waals surface area (Å²) in [4.78, 5) is 4.37. The zero-order valence-electron chi connectivity index (χ0n) is 11.0. The van der Waals surface area contributed by atoms with Gasteiger partial charge in [-0.2, -0.15) is 0 Å². The predicted octanol–water partition coefficient (Wildman–Crippen LogP) is 3.00. The molecular formula is C15H20N2O. The molecule has 0 saturated heterocycles. The normalized spacial score (nSPS) is 11.1. The van der Waals surface area contributed by atoms with E-state index in [1.54, 1.807) is 6.20 Å². The van der Waals surface area contributed by atoms with Gasteiger partial charge >= 0.3 is 0 Å². The van der Waals surface area contributed by atoms with Crippen LogP contribution in [0.3, 0.4) is 0 Å². The molecule has 0 aliphatic rings. The van der Waals surface area contributed by atoms with Gasteiger partial charge in [-0.25, -0.2) is 0 Å². The minimum atomic E-state index is 0.532. The first-order valence-corrected chi connectivity index (χ1v) is 6.47. The second kappa shape index (κ2) is 6.36. The Kier molecular flexibility index (Phi) is 4.53. The molecule has 3 heteroatoms. The van der Waals surface area contributed by atoms with Gasteiger partial charge in [0, 0.05) is 17.6 Å². The topological polar surface area (TPSA) is 34.1 Å². The Morgan fingerprint density at radius 2 is 2.06 bits per heavy atom. The van der Waals surface area contributed by atoms with Gasteiger partial charge in [-0.3, -0.25) is 4.98 Å². The molecule has 18 heavy (non-hydrogen) atoms. The number of ether oxygens (including phenoxy) is 1. The van der Waals surface area contributed by atoms with Crippen molar-refractivity contribution >= 4 is 10.9 Å². The average molecular weight is 244 g/mol. The third-order valence-corrected chi connectivity index (χ3v) is 2.73. The minimum absolute atomic E-state index is 0.532. The largest absolute Gasteiger partial charge is 0.491 e. The van der Waals surface area contributed by atoms with Gasteiger partial charge in [0.25, 0.3) is 0 Å². The Balaban J connectivity index is 1.91. The Labute approximate surface area is 108 Å². The quantitative estimate of drug-likeness (QED) is 0.793. The van der Waals surface area contributed by atoms with E-state index in [1.165, 1.54) is 0 Å². The van der Waals surface area contributed by atoms with Crippen molar-refractivity contribution in [3.8, 4) is 5.75 Å². The lowest BCUT2D eigenvalue weighted by atomic mass is 10.2. The number of rotatable bonds is 6. The summed E-state index contributed by atoms with van der Waals surface area (Å²) in [5.41, 5.74) is 0.941. The maximum atomic E-state index is 5.80. The summed E-state index contributed by atoms with van der Waals surface area (Å²) in [6.07, 6.45) is 2.80.